The first-order valence-corrected chi connectivity index (χ1v) is 6.62. The molecule has 3 rings (SSSR count). The summed E-state index contributed by atoms with van der Waals surface area (Å²) < 4.78 is 10.7. The molecule has 1 N–H and O–H groups in total. The van der Waals surface area contributed by atoms with Crippen molar-refractivity contribution < 1.29 is 9.26 Å². The Morgan fingerprint density at radius 1 is 1.32 bits per heavy atom. The van der Waals surface area contributed by atoms with Crippen LogP contribution in [0, 0.1) is 0 Å². The molecule has 6 heteroatoms. The third kappa shape index (κ3) is 3.05. The number of benzene rings is 1. The summed E-state index contributed by atoms with van der Waals surface area (Å²) in [6.45, 7) is 1.26. The van der Waals surface area contributed by atoms with Gasteiger partial charge in [-0.1, -0.05) is 16.8 Å². The minimum Gasteiger partial charge on any atom is -0.376 e. The van der Waals surface area contributed by atoms with Gasteiger partial charge in [-0.15, -0.1) is 0 Å². The van der Waals surface area contributed by atoms with E-state index < -0.39 is 0 Å². The lowest BCUT2D eigenvalue weighted by molar-refractivity contribution is 0.103. The molecule has 0 aliphatic carbocycles. The Kier molecular flexibility index (Phi) is 3.66. The van der Waals surface area contributed by atoms with Crippen LogP contribution in [0.15, 0.2) is 28.8 Å². The van der Waals surface area contributed by atoms with Gasteiger partial charge in [-0.05, 0) is 37.1 Å². The van der Waals surface area contributed by atoms with E-state index in [1.54, 1.807) is 0 Å². The number of nitrogens with one attached hydrogen (secondary N) is 1. The molecule has 0 amide bonds. The second-order valence-corrected chi connectivity index (χ2v) is 4.84. The van der Waals surface area contributed by atoms with Gasteiger partial charge in [0, 0.05) is 17.3 Å². The molecule has 1 aromatic carbocycles. The molecule has 1 atom stereocenters. The van der Waals surface area contributed by atoms with Gasteiger partial charge < -0.3 is 14.6 Å². The number of hydrogen-bond acceptors (Lipinski definition) is 5. The van der Waals surface area contributed by atoms with Crippen molar-refractivity contribution in [1.82, 2.24) is 10.1 Å². The normalized spacial score (nSPS) is 18.7. The summed E-state index contributed by atoms with van der Waals surface area (Å²) in [6.07, 6.45) is 2.01. The van der Waals surface area contributed by atoms with Gasteiger partial charge >= 0.3 is 0 Å². The monoisotopic (exact) mass is 279 g/mol. The largest absolute Gasteiger partial charge is 0.376 e. The van der Waals surface area contributed by atoms with Gasteiger partial charge in [-0.2, -0.15) is 4.98 Å². The highest BCUT2D eigenvalue weighted by molar-refractivity contribution is 6.30. The molecule has 1 fully saturated rings. The van der Waals surface area contributed by atoms with Crippen molar-refractivity contribution in [2.24, 2.45) is 0 Å². The average molecular weight is 280 g/mol. The highest BCUT2D eigenvalue weighted by Gasteiger charge is 2.22. The molecule has 1 saturated heterocycles. The van der Waals surface area contributed by atoms with Gasteiger partial charge in [-0.25, -0.2) is 0 Å². The molecule has 19 heavy (non-hydrogen) atoms. The molecule has 0 bridgehead atoms. The lowest BCUT2D eigenvalue weighted by atomic mass is 10.2. The van der Waals surface area contributed by atoms with E-state index in [0.717, 1.165) is 25.1 Å². The fraction of sp³-hybridized carbons (Fsp3) is 0.385. The first-order valence-electron chi connectivity index (χ1n) is 6.25. The maximum Gasteiger partial charge on any atom is 0.246 e. The van der Waals surface area contributed by atoms with Crippen LogP contribution in [0.3, 0.4) is 0 Å². The Bertz CT molecular complexity index is 535. The summed E-state index contributed by atoms with van der Waals surface area (Å²) in [7, 11) is 0. The minimum absolute atomic E-state index is 0.00645. The lowest BCUT2D eigenvalue weighted by Gasteiger charge is -2.03. The van der Waals surface area contributed by atoms with Crippen LogP contribution in [0.2, 0.25) is 5.02 Å². The van der Waals surface area contributed by atoms with Crippen molar-refractivity contribution in [3.8, 4) is 0 Å². The molecule has 1 unspecified atom stereocenters. The van der Waals surface area contributed by atoms with Crippen molar-refractivity contribution in [2.75, 3.05) is 11.9 Å². The molecular weight excluding hydrogens is 266 g/mol. The van der Waals surface area contributed by atoms with Crippen LogP contribution in [0.4, 0.5) is 5.69 Å². The summed E-state index contributed by atoms with van der Waals surface area (Å²) in [5, 5.41) is 7.86. The third-order valence-electron chi connectivity index (χ3n) is 2.99. The van der Waals surface area contributed by atoms with Crippen LogP contribution in [-0.2, 0) is 11.3 Å². The van der Waals surface area contributed by atoms with Gasteiger partial charge in [0.1, 0.15) is 6.10 Å². The fourth-order valence-electron chi connectivity index (χ4n) is 2.00. The summed E-state index contributed by atoms with van der Waals surface area (Å²) in [5.74, 6) is 1.20. The molecule has 0 radical (unpaired) electrons. The maximum atomic E-state index is 5.82. The summed E-state index contributed by atoms with van der Waals surface area (Å²) in [4.78, 5) is 4.33. The van der Waals surface area contributed by atoms with Crippen LogP contribution in [0.1, 0.15) is 30.7 Å². The summed E-state index contributed by atoms with van der Waals surface area (Å²) >= 11 is 5.82. The van der Waals surface area contributed by atoms with Gasteiger partial charge in [0.2, 0.25) is 11.7 Å². The van der Waals surface area contributed by atoms with Crippen LogP contribution >= 0.6 is 11.6 Å². The fourth-order valence-corrected chi connectivity index (χ4v) is 2.12. The van der Waals surface area contributed by atoms with E-state index in [-0.39, 0.29) is 6.10 Å². The van der Waals surface area contributed by atoms with Gasteiger partial charge in [0.05, 0.1) is 6.54 Å². The zero-order valence-electron chi connectivity index (χ0n) is 10.3. The highest BCUT2D eigenvalue weighted by atomic mass is 35.5. The lowest BCUT2D eigenvalue weighted by Crippen LogP contribution is -2.01. The van der Waals surface area contributed by atoms with Crippen LogP contribution in [0.5, 0.6) is 0 Å². The second kappa shape index (κ2) is 5.59. The average Bonchev–Trinajstić information content (AvgIpc) is 3.09. The quantitative estimate of drug-likeness (QED) is 0.931. The predicted molar refractivity (Wildman–Crippen MR) is 71.0 cm³/mol. The number of ether oxygens (including phenoxy) is 1. The predicted octanol–water partition coefficient (Wildman–Crippen LogP) is 3.19. The molecule has 1 aromatic heterocycles. The molecule has 1 aliphatic rings. The van der Waals surface area contributed by atoms with E-state index in [2.05, 4.69) is 15.5 Å². The van der Waals surface area contributed by atoms with E-state index in [0.29, 0.717) is 23.3 Å². The Balaban J connectivity index is 1.59. The van der Waals surface area contributed by atoms with Gasteiger partial charge in [0.25, 0.3) is 0 Å². The zero-order valence-corrected chi connectivity index (χ0v) is 11.1. The van der Waals surface area contributed by atoms with E-state index in [1.807, 2.05) is 24.3 Å². The van der Waals surface area contributed by atoms with Crippen LogP contribution in [0.25, 0.3) is 0 Å². The van der Waals surface area contributed by atoms with E-state index in [4.69, 9.17) is 20.9 Å². The smallest absolute Gasteiger partial charge is 0.246 e. The molecular formula is C13H14ClN3O2. The number of aromatic nitrogens is 2. The standard InChI is InChI=1S/C13H14ClN3O2/c14-9-3-5-10(6-4-9)15-8-12-16-13(17-19-12)11-2-1-7-18-11/h3-6,11,15H,1-2,7-8H2. The number of rotatable bonds is 4. The third-order valence-corrected chi connectivity index (χ3v) is 3.24. The highest BCUT2D eigenvalue weighted by Crippen LogP contribution is 2.26. The SMILES string of the molecule is Clc1ccc(NCc2nc(C3CCCO3)no2)cc1. The van der Waals surface area contributed by atoms with Crippen molar-refractivity contribution >= 4 is 17.3 Å². The zero-order chi connectivity index (χ0) is 13.1. The molecule has 0 spiro atoms. The van der Waals surface area contributed by atoms with Crippen molar-refractivity contribution in [3.63, 3.8) is 0 Å². The molecule has 2 aromatic rings. The van der Waals surface area contributed by atoms with Crippen molar-refractivity contribution in [3.05, 3.63) is 41.0 Å². The first-order chi connectivity index (χ1) is 9.31. The van der Waals surface area contributed by atoms with Crippen molar-refractivity contribution in [1.29, 1.82) is 0 Å². The Morgan fingerprint density at radius 2 is 2.16 bits per heavy atom. The van der Waals surface area contributed by atoms with Crippen LogP contribution in [-0.4, -0.2) is 16.7 Å². The topological polar surface area (TPSA) is 60.2 Å². The van der Waals surface area contributed by atoms with E-state index in [1.165, 1.54) is 0 Å². The van der Waals surface area contributed by atoms with Crippen molar-refractivity contribution in [2.45, 2.75) is 25.5 Å². The Morgan fingerprint density at radius 3 is 2.89 bits per heavy atom. The summed E-state index contributed by atoms with van der Waals surface area (Å²) in [5.41, 5.74) is 0.960. The van der Waals surface area contributed by atoms with Gasteiger partial charge in [-0.3, -0.25) is 0 Å². The number of nitrogens with zero attached hydrogens (tertiary/aromatic N) is 2. The Labute approximate surface area is 115 Å². The number of halogens is 1. The molecule has 1 aliphatic heterocycles. The number of anilines is 1. The number of hydrogen-bond donors (Lipinski definition) is 1. The second-order valence-electron chi connectivity index (χ2n) is 4.41. The molecule has 100 valence electrons. The minimum atomic E-state index is -0.00645. The maximum absolute atomic E-state index is 5.82. The molecule has 2 heterocycles. The first kappa shape index (κ1) is 12.4. The van der Waals surface area contributed by atoms with Crippen LogP contribution < -0.4 is 5.32 Å². The van der Waals surface area contributed by atoms with Gasteiger partial charge in [0.15, 0.2) is 0 Å². The summed E-state index contributed by atoms with van der Waals surface area (Å²) in [6, 6.07) is 7.46. The van der Waals surface area contributed by atoms with E-state index in [9.17, 15) is 0 Å². The molecule has 0 saturated carbocycles. The van der Waals surface area contributed by atoms with E-state index >= 15 is 0 Å². The molecule has 5 nitrogen and oxygen atoms in total. The Hall–Kier alpha value is -1.59.